The lowest BCUT2D eigenvalue weighted by Crippen LogP contribution is -2.39. The van der Waals surface area contributed by atoms with E-state index in [9.17, 15) is 0 Å². The van der Waals surface area contributed by atoms with Crippen molar-refractivity contribution < 1.29 is 0 Å². The topological polar surface area (TPSA) is 15.3 Å². The van der Waals surface area contributed by atoms with E-state index in [0.29, 0.717) is 0 Å². The molecule has 0 aromatic heterocycles. The zero-order chi connectivity index (χ0) is 12.5. The Labute approximate surface area is 134 Å². The summed E-state index contributed by atoms with van der Waals surface area (Å²) in [5.74, 6) is 1.77. The summed E-state index contributed by atoms with van der Waals surface area (Å²) in [5, 5.41) is 4.30. The predicted octanol–water partition coefficient (Wildman–Crippen LogP) is 3.57. The molecule has 0 aliphatic carbocycles. The van der Waals surface area contributed by atoms with E-state index in [-0.39, 0.29) is 12.4 Å². The first-order chi connectivity index (χ1) is 8.72. The molecule has 0 saturated carbocycles. The normalized spacial score (nSPS) is 26.8. The van der Waals surface area contributed by atoms with Gasteiger partial charge in [0.15, 0.2) is 0 Å². The Morgan fingerprint density at radius 3 is 2.89 bits per heavy atom. The fraction of sp³-hybridized carbons (Fsp3) is 0.571. The first kappa shape index (κ1) is 15.6. The molecule has 0 radical (unpaired) electrons. The summed E-state index contributed by atoms with van der Waals surface area (Å²) in [6.07, 6.45) is 1.34. The number of halogens is 3. The van der Waals surface area contributed by atoms with E-state index in [1.807, 2.05) is 6.07 Å². The quantitative estimate of drug-likeness (QED) is 0.861. The molecule has 106 valence electrons. The Kier molecular flexibility index (Phi) is 5.55. The van der Waals surface area contributed by atoms with E-state index in [0.717, 1.165) is 27.9 Å². The largest absolute Gasteiger partial charge is 0.316 e. The molecule has 3 rings (SSSR count). The highest BCUT2D eigenvalue weighted by Crippen LogP contribution is 2.28. The summed E-state index contributed by atoms with van der Waals surface area (Å²) in [6, 6.07) is 6.25. The van der Waals surface area contributed by atoms with Crippen molar-refractivity contribution in [1.29, 1.82) is 0 Å². The minimum atomic E-state index is 0. The molecule has 19 heavy (non-hydrogen) atoms. The Morgan fingerprint density at radius 2 is 2.11 bits per heavy atom. The third-order valence-electron chi connectivity index (χ3n) is 4.18. The molecule has 0 bridgehead atoms. The first-order valence-corrected chi connectivity index (χ1v) is 7.76. The van der Waals surface area contributed by atoms with Crippen molar-refractivity contribution in [2.24, 2.45) is 11.8 Å². The molecule has 0 amide bonds. The molecule has 2 aliphatic heterocycles. The van der Waals surface area contributed by atoms with Crippen LogP contribution in [0.3, 0.4) is 0 Å². The van der Waals surface area contributed by atoms with Crippen LogP contribution in [-0.2, 0) is 6.54 Å². The highest BCUT2D eigenvalue weighted by atomic mass is 79.9. The maximum atomic E-state index is 6.03. The van der Waals surface area contributed by atoms with Crippen molar-refractivity contribution in [3.8, 4) is 0 Å². The second-order valence-electron chi connectivity index (χ2n) is 5.45. The minimum absolute atomic E-state index is 0. The third-order valence-corrected chi connectivity index (χ3v) is 5.39. The van der Waals surface area contributed by atoms with Crippen LogP contribution in [0.1, 0.15) is 12.0 Å². The lowest BCUT2D eigenvalue weighted by atomic mass is 9.88. The van der Waals surface area contributed by atoms with E-state index in [4.69, 9.17) is 11.6 Å². The van der Waals surface area contributed by atoms with Gasteiger partial charge in [-0.15, -0.1) is 12.4 Å². The van der Waals surface area contributed by atoms with Gasteiger partial charge in [0.1, 0.15) is 0 Å². The number of hydrogen-bond donors (Lipinski definition) is 1. The Morgan fingerprint density at radius 1 is 1.32 bits per heavy atom. The van der Waals surface area contributed by atoms with Crippen LogP contribution >= 0.6 is 39.9 Å². The van der Waals surface area contributed by atoms with Gasteiger partial charge < -0.3 is 5.32 Å². The van der Waals surface area contributed by atoms with Crippen molar-refractivity contribution >= 4 is 39.9 Å². The molecule has 2 nitrogen and oxygen atoms in total. The van der Waals surface area contributed by atoms with Gasteiger partial charge in [0.25, 0.3) is 0 Å². The second kappa shape index (κ2) is 6.77. The highest BCUT2D eigenvalue weighted by molar-refractivity contribution is 9.10. The Bertz CT molecular complexity index is 441. The third kappa shape index (κ3) is 3.64. The molecule has 0 spiro atoms. The number of rotatable bonds is 2. The monoisotopic (exact) mass is 364 g/mol. The van der Waals surface area contributed by atoms with Gasteiger partial charge in [-0.05, 0) is 71.5 Å². The van der Waals surface area contributed by atoms with Crippen LogP contribution in [-0.4, -0.2) is 31.1 Å². The van der Waals surface area contributed by atoms with E-state index >= 15 is 0 Å². The van der Waals surface area contributed by atoms with Crippen LogP contribution in [0.25, 0.3) is 0 Å². The van der Waals surface area contributed by atoms with Crippen LogP contribution in [0, 0.1) is 11.8 Å². The van der Waals surface area contributed by atoms with Crippen LogP contribution in [0.4, 0.5) is 0 Å². The van der Waals surface area contributed by atoms with Crippen LogP contribution in [0.2, 0.25) is 5.02 Å². The molecule has 2 saturated heterocycles. The molecular weight excluding hydrogens is 347 g/mol. The van der Waals surface area contributed by atoms with Gasteiger partial charge in [0.05, 0.1) is 5.02 Å². The molecule has 1 aromatic carbocycles. The van der Waals surface area contributed by atoms with Gasteiger partial charge in [-0.3, -0.25) is 4.90 Å². The van der Waals surface area contributed by atoms with Crippen molar-refractivity contribution in [2.45, 2.75) is 13.0 Å². The number of piperidine rings is 1. The van der Waals surface area contributed by atoms with Gasteiger partial charge >= 0.3 is 0 Å². The van der Waals surface area contributed by atoms with E-state index in [1.54, 1.807) is 0 Å². The maximum absolute atomic E-state index is 6.03. The first-order valence-electron chi connectivity index (χ1n) is 6.59. The predicted molar refractivity (Wildman–Crippen MR) is 86.1 cm³/mol. The fourth-order valence-electron chi connectivity index (χ4n) is 3.15. The van der Waals surface area contributed by atoms with Crippen molar-refractivity contribution in [2.75, 3.05) is 26.2 Å². The molecule has 5 heteroatoms. The Hall–Kier alpha value is 0.200. The van der Waals surface area contributed by atoms with Crippen LogP contribution in [0.15, 0.2) is 22.7 Å². The van der Waals surface area contributed by atoms with E-state index in [2.05, 4.69) is 38.3 Å². The summed E-state index contributed by atoms with van der Waals surface area (Å²) in [5.41, 5.74) is 1.34. The fourth-order valence-corrected chi connectivity index (χ4v) is 3.69. The van der Waals surface area contributed by atoms with Crippen LogP contribution < -0.4 is 5.32 Å². The Balaban J connectivity index is 0.00000133. The zero-order valence-electron chi connectivity index (χ0n) is 10.7. The number of nitrogens with one attached hydrogen (secondary N) is 1. The summed E-state index contributed by atoms with van der Waals surface area (Å²) in [4.78, 5) is 2.57. The van der Waals surface area contributed by atoms with Gasteiger partial charge in [0.2, 0.25) is 0 Å². The molecule has 1 aromatic rings. The standard InChI is InChI=1S/C14H18BrClN2.ClH/c15-13-5-10(1-2-14(13)16)8-18-4-3-11-6-17-7-12(11)9-18;/h1-2,5,11-12,17H,3-4,6-9H2;1H. The lowest BCUT2D eigenvalue weighted by molar-refractivity contribution is 0.142. The number of fused-ring (bicyclic) bond motifs is 1. The van der Waals surface area contributed by atoms with E-state index < -0.39 is 0 Å². The SMILES string of the molecule is Cl.Clc1ccc(CN2CCC3CNCC3C2)cc1Br. The molecule has 2 atom stereocenters. The van der Waals surface area contributed by atoms with Gasteiger partial charge in [-0.1, -0.05) is 17.7 Å². The molecule has 2 heterocycles. The summed E-state index contributed by atoms with van der Waals surface area (Å²) < 4.78 is 0.999. The second-order valence-corrected chi connectivity index (χ2v) is 6.71. The molecule has 2 aliphatic rings. The summed E-state index contributed by atoms with van der Waals surface area (Å²) >= 11 is 9.52. The van der Waals surface area contributed by atoms with Crippen LogP contribution in [0.5, 0.6) is 0 Å². The van der Waals surface area contributed by atoms with Gasteiger partial charge in [-0.25, -0.2) is 0 Å². The summed E-state index contributed by atoms with van der Waals surface area (Å²) in [7, 11) is 0. The smallest absolute Gasteiger partial charge is 0.0548 e. The van der Waals surface area contributed by atoms with Crippen molar-refractivity contribution in [1.82, 2.24) is 10.2 Å². The van der Waals surface area contributed by atoms with Gasteiger partial charge in [0, 0.05) is 17.6 Å². The van der Waals surface area contributed by atoms with Gasteiger partial charge in [-0.2, -0.15) is 0 Å². The lowest BCUT2D eigenvalue weighted by Gasteiger charge is -2.34. The number of nitrogens with zero attached hydrogens (tertiary/aromatic N) is 1. The highest BCUT2D eigenvalue weighted by Gasteiger charge is 2.32. The average molecular weight is 366 g/mol. The molecule has 2 fully saturated rings. The van der Waals surface area contributed by atoms with E-state index in [1.165, 1.54) is 38.2 Å². The number of likely N-dealkylation sites (tertiary alicyclic amines) is 1. The number of hydrogen-bond acceptors (Lipinski definition) is 2. The van der Waals surface area contributed by atoms with Crippen molar-refractivity contribution in [3.63, 3.8) is 0 Å². The molecular formula is C14H19BrCl2N2. The molecule has 1 N–H and O–H groups in total. The van der Waals surface area contributed by atoms with Crippen molar-refractivity contribution in [3.05, 3.63) is 33.3 Å². The maximum Gasteiger partial charge on any atom is 0.0548 e. The molecule has 2 unspecified atom stereocenters. The minimum Gasteiger partial charge on any atom is -0.316 e. The summed E-state index contributed by atoms with van der Waals surface area (Å²) in [6.45, 7) is 5.93. The zero-order valence-corrected chi connectivity index (χ0v) is 13.9. The number of benzene rings is 1. The average Bonchev–Trinajstić information content (AvgIpc) is 2.81.